The van der Waals surface area contributed by atoms with Gasteiger partial charge in [-0.05, 0) is 32.9 Å². The molecule has 0 aliphatic carbocycles. The second kappa shape index (κ2) is 5.70. The van der Waals surface area contributed by atoms with Gasteiger partial charge in [0.15, 0.2) is 0 Å². The summed E-state index contributed by atoms with van der Waals surface area (Å²) in [5.74, 6) is 0.133. The van der Waals surface area contributed by atoms with Crippen molar-refractivity contribution in [1.29, 1.82) is 0 Å². The van der Waals surface area contributed by atoms with E-state index in [9.17, 15) is 4.39 Å². The van der Waals surface area contributed by atoms with Gasteiger partial charge in [0.05, 0.1) is 17.9 Å². The zero-order chi connectivity index (χ0) is 12.1. The Balaban J connectivity index is 2.80. The second-order valence-electron chi connectivity index (χ2n) is 4.04. The van der Waals surface area contributed by atoms with Gasteiger partial charge < -0.3 is 15.2 Å². The molecule has 3 nitrogen and oxygen atoms in total. The minimum Gasteiger partial charge on any atom is -0.489 e. The van der Waals surface area contributed by atoms with Gasteiger partial charge in [-0.3, -0.25) is 0 Å². The van der Waals surface area contributed by atoms with Crippen LogP contribution in [0.4, 0.5) is 10.1 Å². The highest BCUT2D eigenvalue weighted by molar-refractivity contribution is 5.56. The quantitative estimate of drug-likeness (QED) is 0.811. The molecule has 1 rings (SSSR count). The Morgan fingerprint density at radius 2 is 2.06 bits per heavy atom. The fourth-order valence-corrected chi connectivity index (χ4v) is 1.25. The summed E-state index contributed by atoms with van der Waals surface area (Å²) >= 11 is 0. The summed E-state index contributed by atoms with van der Waals surface area (Å²) in [5.41, 5.74) is 0.691. The Kier molecular flexibility index (Phi) is 4.55. The fraction of sp³-hybridized carbons (Fsp3) is 0.500. The van der Waals surface area contributed by atoms with Crippen LogP contribution in [-0.4, -0.2) is 23.9 Å². The summed E-state index contributed by atoms with van der Waals surface area (Å²) in [6.07, 6.45) is -0.481. The SMILES string of the molecule is CC(O)CNc1ccc(F)cc1OC(C)C. The number of ether oxygens (including phenoxy) is 1. The van der Waals surface area contributed by atoms with Gasteiger partial charge in [0, 0.05) is 12.6 Å². The van der Waals surface area contributed by atoms with Gasteiger partial charge in [-0.2, -0.15) is 0 Å². The Morgan fingerprint density at radius 1 is 1.38 bits per heavy atom. The highest BCUT2D eigenvalue weighted by Gasteiger charge is 2.07. The van der Waals surface area contributed by atoms with Crippen molar-refractivity contribution in [2.24, 2.45) is 0 Å². The van der Waals surface area contributed by atoms with Crippen LogP contribution in [0.25, 0.3) is 0 Å². The molecule has 0 aliphatic heterocycles. The first-order valence-corrected chi connectivity index (χ1v) is 5.37. The fourth-order valence-electron chi connectivity index (χ4n) is 1.25. The molecule has 0 saturated carbocycles. The van der Waals surface area contributed by atoms with Crippen LogP contribution in [0.15, 0.2) is 18.2 Å². The summed E-state index contributed by atoms with van der Waals surface area (Å²) in [7, 11) is 0. The number of anilines is 1. The lowest BCUT2D eigenvalue weighted by Gasteiger charge is -2.16. The van der Waals surface area contributed by atoms with Gasteiger partial charge in [0.2, 0.25) is 0 Å². The highest BCUT2D eigenvalue weighted by atomic mass is 19.1. The lowest BCUT2D eigenvalue weighted by Crippen LogP contribution is -2.16. The van der Waals surface area contributed by atoms with Gasteiger partial charge in [-0.15, -0.1) is 0 Å². The zero-order valence-corrected chi connectivity index (χ0v) is 9.83. The minimum atomic E-state index is -0.461. The molecule has 0 amide bonds. The molecule has 4 heteroatoms. The lowest BCUT2D eigenvalue weighted by molar-refractivity contribution is 0.207. The normalized spacial score (nSPS) is 12.6. The maximum Gasteiger partial charge on any atom is 0.145 e. The molecule has 1 unspecified atom stereocenters. The summed E-state index contributed by atoms with van der Waals surface area (Å²) in [6, 6.07) is 4.30. The molecule has 16 heavy (non-hydrogen) atoms. The third kappa shape index (κ3) is 4.06. The molecule has 0 heterocycles. The summed E-state index contributed by atoms with van der Waals surface area (Å²) in [6.45, 7) is 5.84. The molecular formula is C12H18FNO2. The second-order valence-corrected chi connectivity index (χ2v) is 4.04. The van der Waals surface area contributed by atoms with E-state index in [4.69, 9.17) is 9.84 Å². The lowest BCUT2D eigenvalue weighted by atomic mass is 10.2. The van der Waals surface area contributed by atoms with Crippen molar-refractivity contribution in [1.82, 2.24) is 0 Å². The molecular weight excluding hydrogens is 209 g/mol. The third-order valence-corrected chi connectivity index (χ3v) is 1.89. The van der Waals surface area contributed by atoms with E-state index in [-0.39, 0.29) is 11.9 Å². The molecule has 0 saturated heterocycles. The van der Waals surface area contributed by atoms with Crippen molar-refractivity contribution in [3.8, 4) is 5.75 Å². The number of rotatable bonds is 5. The first-order chi connectivity index (χ1) is 7.49. The molecule has 0 aliphatic rings. The van der Waals surface area contributed by atoms with Crippen LogP contribution in [0.1, 0.15) is 20.8 Å². The first-order valence-electron chi connectivity index (χ1n) is 5.37. The number of aliphatic hydroxyl groups is 1. The molecule has 90 valence electrons. The molecule has 0 fully saturated rings. The average molecular weight is 227 g/mol. The van der Waals surface area contributed by atoms with Gasteiger partial charge in [0.25, 0.3) is 0 Å². The Labute approximate surface area is 95.2 Å². The molecule has 1 atom stereocenters. The van der Waals surface area contributed by atoms with Crippen LogP contribution in [0.2, 0.25) is 0 Å². The van der Waals surface area contributed by atoms with Crippen molar-refractivity contribution < 1.29 is 14.2 Å². The van der Waals surface area contributed by atoms with Gasteiger partial charge in [-0.25, -0.2) is 4.39 Å². The summed E-state index contributed by atoms with van der Waals surface area (Å²) in [4.78, 5) is 0. The maximum atomic E-state index is 13.0. The number of hydrogen-bond donors (Lipinski definition) is 2. The standard InChI is InChI=1S/C12H18FNO2/c1-8(2)16-12-6-10(13)4-5-11(12)14-7-9(3)15/h4-6,8-9,14-15H,7H2,1-3H3. The van der Waals surface area contributed by atoms with Crippen molar-refractivity contribution >= 4 is 5.69 Å². The molecule has 1 aromatic rings. The van der Waals surface area contributed by atoms with Gasteiger partial charge >= 0.3 is 0 Å². The monoisotopic (exact) mass is 227 g/mol. The van der Waals surface area contributed by atoms with Crippen LogP contribution in [0, 0.1) is 5.82 Å². The van der Waals surface area contributed by atoms with E-state index < -0.39 is 6.10 Å². The number of nitrogens with one attached hydrogen (secondary N) is 1. The topological polar surface area (TPSA) is 41.5 Å². The largest absolute Gasteiger partial charge is 0.489 e. The predicted octanol–water partition coefficient (Wildman–Crippen LogP) is 2.41. The molecule has 0 spiro atoms. The van der Waals surface area contributed by atoms with E-state index in [0.717, 1.165) is 0 Å². The van der Waals surface area contributed by atoms with E-state index in [1.54, 1.807) is 13.0 Å². The smallest absolute Gasteiger partial charge is 0.145 e. The average Bonchev–Trinajstić information content (AvgIpc) is 2.15. The zero-order valence-electron chi connectivity index (χ0n) is 9.83. The van der Waals surface area contributed by atoms with E-state index in [1.807, 2.05) is 13.8 Å². The molecule has 0 radical (unpaired) electrons. The van der Waals surface area contributed by atoms with Crippen LogP contribution in [-0.2, 0) is 0 Å². The van der Waals surface area contributed by atoms with Crippen molar-refractivity contribution in [3.05, 3.63) is 24.0 Å². The third-order valence-electron chi connectivity index (χ3n) is 1.89. The summed E-state index contributed by atoms with van der Waals surface area (Å²) in [5, 5.41) is 12.2. The number of benzene rings is 1. The van der Waals surface area contributed by atoms with E-state index in [1.165, 1.54) is 12.1 Å². The van der Waals surface area contributed by atoms with Crippen LogP contribution >= 0.6 is 0 Å². The van der Waals surface area contributed by atoms with Gasteiger partial charge in [-0.1, -0.05) is 0 Å². The van der Waals surface area contributed by atoms with E-state index in [0.29, 0.717) is 18.0 Å². The Bertz CT molecular complexity index is 340. The van der Waals surface area contributed by atoms with Crippen LogP contribution in [0.3, 0.4) is 0 Å². The predicted molar refractivity (Wildman–Crippen MR) is 62.3 cm³/mol. The highest BCUT2D eigenvalue weighted by Crippen LogP contribution is 2.26. The number of hydrogen-bond acceptors (Lipinski definition) is 3. The molecule has 0 bridgehead atoms. The number of halogens is 1. The van der Waals surface area contributed by atoms with Crippen molar-refractivity contribution in [2.45, 2.75) is 33.0 Å². The maximum absolute atomic E-state index is 13.0. The first kappa shape index (κ1) is 12.8. The van der Waals surface area contributed by atoms with Crippen LogP contribution < -0.4 is 10.1 Å². The minimum absolute atomic E-state index is 0.0195. The molecule has 2 N–H and O–H groups in total. The summed E-state index contributed by atoms with van der Waals surface area (Å²) < 4.78 is 18.5. The number of aliphatic hydroxyl groups excluding tert-OH is 1. The van der Waals surface area contributed by atoms with Crippen LogP contribution in [0.5, 0.6) is 5.75 Å². The Morgan fingerprint density at radius 3 is 2.62 bits per heavy atom. The van der Waals surface area contributed by atoms with Crippen molar-refractivity contribution in [3.63, 3.8) is 0 Å². The van der Waals surface area contributed by atoms with Gasteiger partial charge in [0.1, 0.15) is 11.6 Å². The molecule has 0 aromatic heterocycles. The Hall–Kier alpha value is -1.29. The van der Waals surface area contributed by atoms with Crippen molar-refractivity contribution in [2.75, 3.05) is 11.9 Å². The van der Waals surface area contributed by atoms with E-state index in [2.05, 4.69) is 5.32 Å². The van der Waals surface area contributed by atoms with E-state index >= 15 is 0 Å². The molecule has 1 aromatic carbocycles.